The van der Waals surface area contributed by atoms with E-state index in [-0.39, 0.29) is 17.9 Å². The number of nitrogens with one attached hydrogen (secondary N) is 1. The largest absolute Gasteiger partial charge is 0.491 e. The van der Waals surface area contributed by atoms with Crippen LogP contribution in [-0.4, -0.2) is 38.4 Å². The van der Waals surface area contributed by atoms with Crippen molar-refractivity contribution in [2.75, 3.05) is 31.7 Å². The number of carbonyl (C=O) groups is 1. The van der Waals surface area contributed by atoms with Crippen LogP contribution in [0.5, 0.6) is 5.75 Å². The highest BCUT2D eigenvalue weighted by Gasteiger charge is 2.21. The highest BCUT2D eigenvalue weighted by Crippen LogP contribution is 2.21. The van der Waals surface area contributed by atoms with Crippen molar-refractivity contribution in [3.05, 3.63) is 24.3 Å². The third kappa shape index (κ3) is 4.21. The average molecular weight is 305 g/mol. The van der Waals surface area contributed by atoms with Crippen LogP contribution in [0.3, 0.4) is 0 Å². The predicted octanol–water partition coefficient (Wildman–Crippen LogP) is 2.61. The highest BCUT2D eigenvalue weighted by atomic mass is 16.5. The summed E-state index contributed by atoms with van der Waals surface area (Å²) in [6.07, 6.45) is 4.00. The molecule has 5 heteroatoms. The van der Waals surface area contributed by atoms with Crippen molar-refractivity contribution in [1.82, 2.24) is 0 Å². The van der Waals surface area contributed by atoms with Gasteiger partial charge in [0.1, 0.15) is 12.4 Å². The van der Waals surface area contributed by atoms with E-state index in [1.54, 1.807) is 0 Å². The van der Waals surface area contributed by atoms with Gasteiger partial charge in [0.25, 0.3) is 0 Å². The zero-order chi connectivity index (χ0) is 15.2. The minimum absolute atomic E-state index is 0.0594. The Labute approximate surface area is 130 Å². The molecule has 2 heterocycles. The summed E-state index contributed by atoms with van der Waals surface area (Å²) < 4.78 is 16.5. The van der Waals surface area contributed by atoms with Gasteiger partial charge < -0.3 is 19.5 Å². The summed E-state index contributed by atoms with van der Waals surface area (Å²) in [5, 5.41) is 2.96. The fourth-order valence-corrected chi connectivity index (χ4v) is 2.80. The molecule has 2 fully saturated rings. The van der Waals surface area contributed by atoms with Crippen molar-refractivity contribution in [3.8, 4) is 5.75 Å². The Hall–Kier alpha value is -1.59. The van der Waals surface area contributed by atoms with Crippen molar-refractivity contribution >= 4 is 11.6 Å². The second kappa shape index (κ2) is 7.61. The minimum atomic E-state index is 0.0594. The van der Waals surface area contributed by atoms with E-state index in [9.17, 15) is 4.79 Å². The fourth-order valence-electron chi connectivity index (χ4n) is 2.80. The molecule has 1 aromatic rings. The number of ether oxygens (including phenoxy) is 3. The van der Waals surface area contributed by atoms with Crippen LogP contribution in [0, 0.1) is 5.92 Å². The summed E-state index contributed by atoms with van der Waals surface area (Å²) in [6, 6.07) is 7.52. The van der Waals surface area contributed by atoms with Crippen LogP contribution < -0.4 is 10.1 Å². The molecular weight excluding hydrogens is 282 g/mol. The Morgan fingerprint density at radius 3 is 2.59 bits per heavy atom. The maximum atomic E-state index is 12.1. The topological polar surface area (TPSA) is 56.8 Å². The molecule has 1 N–H and O–H groups in total. The van der Waals surface area contributed by atoms with Gasteiger partial charge in [-0.25, -0.2) is 0 Å². The molecule has 1 unspecified atom stereocenters. The zero-order valence-corrected chi connectivity index (χ0v) is 12.8. The van der Waals surface area contributed by atoms with Crippen LogP contribution in [0.1, 0.15) is 25.7 Å². The first-order chi connectivity index (χ1) is 10.8. The van der Waals surface area contributed by atoms with Gasteiger partial charge in [0.2, 0.25) is 5.91 Å². The van der Waals surface area contributed by atoms with E-state index < -0.39 is 0 Å². The van der Waals surface area contributed by atoms with Gasteiger partial charge in [0, 0.05) is 31.4 Å². The molecule has 0 spiro atoms. The molecule has 0 saturated carbocycles. The Balaban J connectivity index is 1.47. The summed E-state index contributed by atoms with van der Waals surface area (Å²) in [5.74, 6) is 0.945. The number of rotatable bonds is 5. The van der Waals surface area contributed by atoms with Gasteiger partial charge in [-0.1, -0.05) is 0 Å². The first-order valence-corrected chi connectivity index (χ1v) is 8.04. The van der Waals surface area contributed by atoms with Gasteiger partial charge in [0.15, 0.2) is 0 Å². The summed E-state index contributed by atoms with van der Waals surface area (Å²) in [5.41, 5.74) is 0.806. The lowest BCUT2D eigenvalue weighted by Gasteiger charge is -2.21. The molecular formula is C17H23NO4. The van der Waals surface area contributed by atoms with E-state index in [1.807, 2.05) is 24.3 Å². The lowest BCUT2D eigenvalue weighted by molar-refractivity contribution is -0.122. The van der Waals surface area contributed by atoms with Crippen molar-refractivity contribution in [1.29, 1.82) is 0 Å². The number of benzene rings is 1. The SMILES string of the molecule is O=C(Nc1ccc(OCC2CCCO2)cc1)C1CCOCC1. The van der Waals surface area contributed by atoms with Crippen LogP contribution >= 0.6 is 0 Å². The third-order valence-corrected chi connectivity index (χ3v) is 4.17. The Bertz CT molecular complexity index is 476. The number of carbonyl (C=O) groups excluding carboxylic acids is 1. The third-order valence-electron chi connectivity index (χ3n) is 4.17. The molecule has 3 rings (SSSR count). The second-order valence-electron chi connectivity index (χ2n) is 5.85. The maximum absolute atomic E-state index is 12.1. The molecule has 0 aromatic heterocycles. The summed E-state index contributed by atoms with van der Waals surface area (Å²) in [7, 11) is 0. The molecule has 2 aliphatic heterocycles. The monoisotopic (exact) mass is 305 g/mol. The van der Waals surface area contributed by atoms with E-state index in [0.29, 0.717) is 19.8 Å². The van der Waals surface area contributed by atoms with Gasteiger partial charge in [-0.15, -0.1) is 0 Å². The standard InChI is InChI=1S/C17H23NO4/c19-17(13-7-10-20-11-8-13)18-14-3-5-15(6-4-14)22-12-16-2-1-9-21-16/h3-6,13,16H,1-2,7-12H2,(H,18,19). The molecule has 22 heavy (non-hydrogen) atoms. The molecule has 0 radical (unpaired) electrons. The average Bonchev–Trinajstić information content (AvgIpc) is 3.08. The first-order valence-electron chi connectivity index (χ1n) is 8.04. The molecule has 0 bridgehead atoms. The van der Waals surface area contributed by atoms with E-state index in [1.165, 1.54) is 0 Å². The summed E-state index contributed by atoms with van der Waals surface area (Å²) >= 11 is 0. The van der Waals surface area contributed by atoms with Crippen molar-refractivity contribution in [3.63, 3.8) is 0 Å². The van der Waals surface area contributed by atoms with E-state index >= 15 is 0 Å². The Kier molecular flexibility index (Phi) is 5.29. The minimum Gasteiger partial charge on any atom is -0.491 e. The molecule has 0 aliphatic carbocycles. The van der Waals surface area contributed by atoms with E-state index in [4.69, 9.17) is 14.2 Å². The number of amides is 1. The molecule has 1 amide bonds. The normalized spacial score (nSPS) is 22.5. The molecule has 1 atom stereocenters. The van der Waals surface area contributed by atoms with Gasteiger partial charge in [0.05, 0.1) is 6.10 Å². The number of hydrogen-bond acceptors (Lipinski definition) is 4. The van der Waals surface area contributed by atoms with Crippen molar-refractivity contribution in [2.45, 2.75) is 31.8 Å². The predicted molar refractivity (Wildman–Crippen MR) is 83.1 cm³/mol. The lowest BCUT2D eigenvalue weighted by Crippen LogP contribution is -2.28. The van der Waals surface area contributed by atoms with E-state index in [0.717, 1.165) is 43.7 Å². The summed E-state index contributed by atoms with van der Waals surface area (Å²) in [4.78, 5) is 12.1. The molecule has 2 saturated heterocycles. The molecule has 2 aliphatic rings. The van der Waals surface area contributed by atoms with Gasteiger partial charge >= 0.3 is 0 Å². The Morgan fingerprint density at radius 2 is 1.91 bits per heavy atom. The van der Waals surface area contributed by atoms with Crippen molar-refractivity contribution < 1.29 is 19.0 Å². The second-order valence-corrected chi connectivity index (χ2v) is 5.85. The Morgan fingerprint density at radius 1 is 1.14 bits per heavy atom. The van der Waals surface area contributed by atoms with E-state index in [2.05, 4.69) is 5.32 Å². The summed E-state index contributed by atoms with van der Waals surface area (Å²) in [6.45, 7) is 2.78. The van der Waals surface area contributed by atoms with Crippen LogP contribution in [0.4, 0.5) is 5.69 Å². The van der Waals surface area contributed by atoms with Crippen LogP contribution in [-0.2, 0) is 14.3 Å². The highest BCUT2D eigenvalue weighted by molar-refractivity contribution is 5.92. The van der Waals surface area contributed by atoms with Crippen LogP contribution in [0.15, 0.2) is 24.3 Å². The smallest absolute Gasteiger partial charge is 0.227 e. The van der Waals surface area contributed by atoms with Gasteiger partial charge in [-0.05, 0) is 49.9 Å². The van der Waals surface area contributed by atoms with Crippen molar-refractivity contribution in [2.24, 2.45) is 5.92 Å². The number of anilines is 1. The lowest BCUT2D eigenvalue weighted by atomic mass is 9.99. The molecule has 120 valence electrons. The molecule has 1 aromatic carbocycles. The zero-order valence-electron chi connectivity index (χ0n) is 12.8. The van der Waals surface area contributed by atoms with Gasteiger partial charge in [-0.2, -0.15) is 0 Å². The first kappa shape index (κ1) is 15.3. The maximum Gasteiger partial charge on any atom is 0.227 e. The van der Waals surface area contributed by atoms with Gasteiger partial charge in [-0.3, -0.25) is 4.79 Å². The quantitative estimate of drug-likeness (QED) is 0.908. The van der Waals surface area contributed by atoms with Crippen LogP contribution in [0.2, 0.25) is 0 Å². The van der Waals surface area contributed by atoms with Crippen LogP contribution in [0.25, 0.3) is 0 Å². The number of hydrogen-bond donors (Lipinski definition) is 1. The fraction of sp³-hybridized carbons (Fsp3) is 0.588. The molecule has 5 nitrogen and oxygen atoms in total.